The van der Waals surface area contributed by atoms with Gasteiger partial charge in [0.1, 0.15) is 5.82 Å². The normalized spacial score (nSPS) is 10.3. The summed E-state index contributed by atoms with van der Waals surface area (Å²) in [5.41, 5.74) is 2.24. The first-order valence-electron chi connectivity index (χ1n) is 5.31. The van der Waals surface area contributed by atoms with E-state index in [0.29, 0.717) is 16.5 Å². The summed E-state index contributed by atoms with van der Waals surface area (Å²) >= 11 is 0. The van der Waals surface area contributed by atoms with E-state index in [1.54, 1.807) is 18.2 Å². The van der Waals surface area contributed by atoms with Gasteiger partial charge in [0.2, 0.25) is 0 Å². The van der Waals surface area contributed by atoms with Crippen molar-refractivity contribution in [3.05, 3.63) is 41.3 Å². The molecule has 80 valence electrons. The van der Waals surface area contributed by atoms with E-state index in [4.69, 9.17) is 6.42 Å². The molecule has 0 unspecified atom stereocenters. The summed E-state index contributed by atoms with van der Waals surface area (Å²) in [5, 5.41) is 0.496. The maximum Gasteiger partial charge on any atom is 0.132 e. The zero-order chi connectivity index (χ0) is 11.5. The summed E-state index contributed by atoms with van der Waals surface area (Å²) in [6, 6.07) is 6.60. The van der Waals surface area contributed by atoms with Crippen LogP contribution in [-0.2, 0) is 6.42 Å². The number of rotatable bonds is 2. The lowest BCUT2D eigenvalue weighted by molar-refractivity contribution is 0.639. The van der Waals surface area contributed by atoms with Crippen LogP contribution in [0, 0.1) is 18.2 Å². The lowest BCUT2D eigenvalue weighted by atomic mass is 10.1. The van der Waals surface area contributed by atoms with E-state index in [9.17, 15) is 4.39 Å². The maximum atomic E-state index is 13.5. The van der Waals surface area contributed by atoms with Gasteiger partial charge in [-0.15, -0.1) is 6.42 Å². The molecule has 16 heavy (non-hydrogen) atoms. The van der Waals surface area contributed by atoms with Gasteiger partial charge in [0, 0.05) is 10.9 Å². The van der Waals surface area contributed by atoms with E-state index in [1.165, 1.54) is 6.07 Å². The first-order valence-corrected chi connectivity index (χ1v) is 5.31. The summed E-state index contributed by atoms with van der Waals surface area (Å²) in [7, 11) is 0. The fraction of sp³-hybridized carbons (Fsp3) is 0.214. The number of nitrogens with zero attached hydrogens (tertiary/aromatic N) is 1. The lowest BCUT2D eigenvalue weighted by Crippen LogP contribution is -1.96. The summed E-state index contributed by atoms with van der Waals surface area (Å²) in [5.74, 6) is 2.30. The Morgan fingerprint density at radius 1 is 1.44 bits per heavy atom. The Kier molecular flexibility index (Phi) is 2.87. The molecule has 2 rings (SSSR count). The highest BCUT2D eigenvalue weighted by Gasteiger charge is 2.07. The van der Waals surface area contributed by atoms with E-state index in [-0.39, 0.29) is 5.82 Å². The van der Waals surface area contributed by atoms with E-state index in [0.717, 1.165) is 18.5 Å². The Morgan fingerprint density at radius 2 is 2.25 bits per heavy atom. The lowest BCUT2D eigenvalue weighted by Gasteiger charge is -2.05. The van der Waals surface area contributed by atoms with Gasteiger partial charge in [-0.3, -0.25) is 4.98 Å². The number of hydrogen-bond donors (Lipinski definition) is 0. The minimum Gasteiger partial charge on any atom is -0.251 e. The van der Waals surface area contributed by atoms with Crippen LogP contribution in [0.1, 0.15) is 24.6 Å². The molecule has 0 radical (unpaired) electrons. The number of benzene rings is 1. The number of aromatic nitrogens is 1. The van der Waals surface area contributed by atoms with Gasteiger partial charge in [0.25, 0.3) is 0 Å². The minimum atomic E-state index is -0.274. The molecular formula is C14H12FN. The zero-order valence-corrected chi connectivity index (χ0v) is 9.13. The molecule has 1 aromatic heterocycles. The van der Waals surface area contributed by atoms with Crippen molar-refractivity contribution in [3.8, 4) is 12.3 Å². The molecule has 0 N–H and O–H groups in total. The predicted octanol–water partition coefficient (Wildman–Crippen LogP) is 3.31. The molecule has 0 aliphatic carbocycles. The van der Waals surface area contributed by atoms with Gasteiger partial charge in [0.05, 0.1) is 11.2 Å². The zero-order valence-electron chi connectivity index (χ0n) is 9.13. The maximum absolute atomic E-state index is 13.5. The third kappa shape index (κ3) is 1.77. The van der Waals surface area contributed by atoms with E-state index < -0.39 is 0 Å². The summed E-state index contributed by atoms with van der Waals surface area (Å²) < 4.78 is 13.5. The van der Waals surface area contributed by atoms with Crippen LogP contribution in [0.4, 0.5) is 4.39 Å². The van der Waals surface area contributed by atoms with Gasteiger partial charge < -0.3 is 0 Å². The van der Waals surface area contributed by atoms with Crippen molar-refractivity contribution in [1.82, 2.24) is 4.98 Å². The largest absolute Gasteiger partial charge is 0.251 e. The number of hydrogen-bond acceptors (Lipinski definition) is 1. The second-order valence-corrected chi connectivity index (χ2v) is 3.68. The fourth-order valence-electron chi connectivity index (χ4n) is 1.75. The molecule has 0 spiro atoms. The van der Waals surface area contributed by atoms with E-state index in [2.05, 4.69) is 17.8 Å². The van der Waals surface area contributed by atoms with Crippen LogP contribution in [0.5, 0.6) is 0 Å². The number of terminal acetylenes is 1. The summed E-state index contributed by atoms with van der Waals surface area (Å²) in [6.07, 6.45) is 7.21. The predicted molar refractivity (Wildman–Crippen MR) is 63.6 cm³/mol. The molecular weight excluding hydrogens is 201 g/mol. The van der Waals surface area contributed by atoms with Gasteiger partial charge in [-0.25, -0.2) is 4.39 Å². The first-order chi connectivity index (χ1) is 7.76. The van der Waals surface area contributed by atoms with Crippen molar-refractivity contribution in [1.29, 1.82) is 0 Å². The second kappa shape index (κ2) is 4.32. The van der Waals surface area contributed by atoms with Crippen molar-refractivity contribution in [3.63, 3.8) is 0 Å². The Balaban J connectivity index is 2.71. The third-order valence-electron chi connectivity index (χ3n) is 2.53. The van der Waals surface area contributed by atoms with Crippen LogP contribution >= 0.6 is 0 Å². The molecule has 0 saturated heterocycles. The quantitative estimate of drug-likeness (QED) is 0.697. The van der Waals surface area contributed by atoms with Crippen molar-refractivity contribution in [2.75, 3.05) is 0 Å². The van der Waals surface area contributed by atoms with Crippen molar-refractivity contribution < 1.29 is 4.39 Å². The Labute approximate surface area is 94.3 Å². The second-order valence-electron chi connectivity index (χ2n) is 3.68. The van der Waals surface area contributed by atoms with Gasteiger partial charge in [0.15, 0.2) is 0 Å². The van der Waals surface area contributed by atoms with Gasteiger partial charge in [-0.05, 0) is 24.6 Å². The molecule has 0 atom stereocenters. The Bertz CT molecular complexity index is 567. The number of pyridine rings is 1. The highest BCUT2D eigenvalue weighted by Crippen LogP contribution is 2.20. The van der Waals surface area contributed by atoms with E-state index in [1.807, 2.05) is 0 Å². The van der Waals surface area contributed by atoms with Gasteiger partial charge in [-0.1, -0.05) is 25.3 Å². The smallest absolute Gasteiger partial charge is 0.132 e. The molecule has 0 amide bonds. The molecule has 0 aliphatic heterocycles. The topological polar surface area (TPSA) is 12.9 Å². The highest BCUT2D eigenvalue weighted by molar-refractivity contribution is 5.81. The third-order valence-corrected chi connectivity index (χ3v) is 2.53. The Morgan fingerprint density at radius 3 is 2.94 bits per heavy atom. The van der Waals surface area contributed by atoms with Gasteiger partial charge >= 0.3 is 0 Å². The van der Waals surface area contributed by atoms with Crippen molar-refractivity contribution >= 4 is 10.9 Å². The van der Waals surface area contributed by atoms with E-state index >= 15 is 0 Å². The van der Waals surface area contributed by atoms with Crippen molar-refractivity contribution in [2.24, 2.45) is 0 Å². The van der Waals surface area contributed by atoms with Crippen LogP contribution in [0.3, 0.4) is 0 Å². The monoisotopic (exact) mass is 213 g/mol. The minimum absolute atomic E-state index is 0.274. The molecule has 1 heterocycles. The molecule has 0 aliphatic rings. The average Bonchev–Trinajstić information content (AvgIpc) is 2.29. The number of aryl methyl sites for hydroxylation is 1. The molecule has 2 heteroatoms. The molecule has 0 saturated carbocycles. The SMILES string of the molecule is C#Cc1cc2c(F)cccc2nc1CCC. The Hall–Kier alpha value is -1.88. The average molecular weight is 213 g/mol. The van der Waals surface area contributed by atoms with Crippen LogP contribution in [0.2, 0.25) is 0 Å². The van der Waals surface area contributed by atoms with Crippen LogP contribution in [0.15, 0.2) is 24.3 Å². The van der Waals surface area contributed by atoms with Crippen LogP contribution < -0.4 is 0 Å². The number of fused-ring (bicyclic) bond motifs is 1. The molecule has 2 aromatic rings. The van der Waals surface area contributed by atoms with Gasteiger partial charge in [-0.2, -0.15) is 0 Å². The molecule has 1 nitrogen and oxygen atoms in total. The summed E-state index contributed by atoms with van der Waals surface area (Å²) in [6.45, 7) is 2.07. The standard InChI is InChI=1S/C14H12FN/c1-3-6-13-10(4-2)9-11-12(15)7-5-8-14(11)16-13/h2,5,7-9H,3,6H2,1H3. The molecule has 0 fully saturated rings. The van der Waals surface area contributed by atoms with Crippen molar-refractivity contribution in [2.45, 2.75) is 19.8 Å². The highest BCUT2D eigenvalue weighted by atomic mass is 19.1. The molecule has 1 aromatic carbocycles. The first kappa shape index (κ1) is 10.6. The molecule has 0 bridgehead atoms. The van der Waals surface area contributed by atoms with Crippen LogP contribution in [0.25, 0.3) is 10.9 Å². The number of halogens is 1. The fourth-order valence-corrected chi connectivity index (χ4v) is 1.75. The van der Waals surface area contributed by atoms with Crippen LogP contribution in [-0.4, -0.2) is 4.98 Å². The summed E-state index contributed by atoms with van der Waals surface area (Å²) in [4.78, 5) is 4.41.